The highest BCUT2D eigenvalue weighted by molar-refractivity contribution is 7.09. The number of carbonyl (C=O) groups is 1. The van der Waals surface area contributed by atoms with Crippen molar-refractivity contribution in [1.29, 1.82) is 0 Å². The summed E-state index contributed by atoms with van der Waals surface area (Å²) in [6.45, 7) is 4.26. The number of benzene rings is 1. The normalized spacial score (nSPS) is 16.2. The maximum Gasteiger partial charge on any atom is 0.237 e. The van der Waals surface area contributed by atoms with Crippen LogP contribution < -0.4 is 15.0 Å². The Morgan fingerprint density at radius 2 is 2.22 bits per heavy atom. The summed E-state index contributed by atoms with van der Waals surface area (Å²) in [5.41, 5.74) is 1.14. The number of rotatable bonds is 7. The molecule has 1 aromatic heterocycles. The molecule has 0 saturated carbocycles. The molecule has 146 valence electrons. The van der Waals surface area contributed by atoms with Gasteiger partial charge in [-0.3, -0.25) is 4.79 Å². The standard InChI is InChI=1S/C19H25ClN4O2S/c1-13(20)18(25)21-12-14-6-8-24(9-7-14)19-22-17(23-27-19)11-15-4-3-5-16(10-15)26-2/h3-5,10,13-14H,6-9,11-12H2,1-2H3,(H,21,25). The molecule has 3 rings (SSSR count). The van der Waals surface area contributed by atoms with Crippen molar-refractivity contribution in [3.63, 3.8) is 0 Å². The lowest BCUT2D eigenvalue weighted by atomic mass is 9.97. The smallest absolute Gasteiger partial charge is 0.237 e. The monoisotopic (exact) mass is 408 g/mol. The third-order valence-corrected chi connectivity index (χ3v) is 5.78. The van der Waals surface area contributed by atoms with Crippen LogP contribution in [0, 0.1) is 5.92 Å². The molecule has 1 fully saturated rings. The van der Waals surface area contributed by atoms with Gasteiger partial charge >= 0.3 is 0 Å². The lowest BCUT2D eigenvalue weighted by Gasteiger charge is -2.31. The first-order valence-electron chi connectivity index (χ1n) is 9.17. The van der Waals surface area contributed by atoms with Crippen LogP contribution in [0.15, 0.2) is 24.3 Å². The van der Waals surface area contributed by atoms with Gasteiger partial charge in [-0.05, 0) is 43.4 Å². The molecule has 27 heavy (non-hydrogen) atoms. The van der Waals surface area contributed by atoms with Crippen molar-refractivity contribution >= 4 is 34.2 Å². The number of halogens is 1. The van der Waals surface area contributed by atoms with Crippen LogP contribution in [0.25, 0.3) is 0 Å². The number of aromatic nitrogens is 2. The molecule has 1 amide bonds. The number of hydrogen-bond donors (Lipinski definition) is 1. The van der Waals surface area contributed by atoms with Gasteiger partial charge in [-0.1, -0.05) is 12.1 Å². The topological polar surface area (TPSA) is 67.3 Å². The largest absolute Gasteiger partial charge is 0.497 e. The van der Waals surface area contributed by atoms with E-state index >= 15 is 0 Å². The summed E-state index contributed by atoms with van der Waals surface area (Å²) in [5, 5.41) is 3.42. The Hall–Kier alpha value is -1.86. The molecule has 2 aromatic rings. The van der Waals surface area contributed by atoms with E-state index in [2.05, 4.69) is 20.7 Å². The molecule has 0 spiro atoms. The van der Waals surface area contributed by atoms with Gasteiger partial charge in [-0.15, -0.1) is 11.6 Å². The first kappa shape index (κ1) is 19.9. The molecule has 1 N–H and O–H groups in total. The molecule has 1 atom stereocenters. The average Bonchev–Trinajstić information content (AvgIpc) is 3.15. The number of anilines is 1. The highest BCUT2D eigenvalue weighted by Crippen LogP contribution is 2.25. The first-order valence-corrected chi connectivity index (χ1v) is 10.4. The molecular formula is C19H25ClN4O2S. The SMILES string of the molecule is COc1cccc(Cc2nsc(N3CCC(CNC(=O)C(C)Cl)CC3)n2)c1. The molecule has 8 heteroatoms. The second-order valence-electron chi connectivity index (χ2n) is 6.81. The Morgan fingerprint density at radius 3 is 2.93 bits per heavy atom. The molecule has 0 aliphatic carbocycles. The van der Waals surface area contributed by atoms with E-state index in [1.165, 1.54) is 11.5 Å². The highest BCUT2D eigenvalue weighted by Gasteiger charge is 2.22. The van der Waals surface area contributed by atoms with Gasteiger partial charge in [0.1, 0.15) is 17.0 Å². The molecular weight excluding hydrogens is 384 g/mol. The third kappa shape index (κ3) is 5.56. The fraction of sp³-hybridized carbons (Fsp3) is 0.526. The second-order valence-corrected chi connectivity index (χ2v) is 8.20. The number of hydrogen-bond acceptors (Lipinski definition) is 6. The van der Waals surface area contributed by atoms with Gasteiger partial charge in [0, 0.05) is 37.6 Å². The van der Waals surface area contributed by atoms with E-state index in [9.17, 15) is 4.79 Å². The molecule has 1 aliphatic heterocycles. The van der Waals surface area contributed by atoms with Crippen LogP contribution in [0.3, 0.4) is 0 Å². The number of alkyl halides is 1. The molecule has 1 aliphatic rings. The van der Waals surface area contributed by atoms with E-state index in [-0.39, 0.29) is 5.91 Å². The van der Waals surface area contributed by atoms with Gasteiger partial charge in [0.15, 0.2) is 0 Å². The fourth-order valence-corrected chi connectivity index (χ4v) is 3.94. The zero-order valence-corrected chi connectivity index (χ0v) is 17.2. The van der Waals surface area contributed by atoms with Gasteiger partial charge in [0.2, 0.25) is 11.0 Å². The first-order chi connectivity index (χ1) is 13.0. The Labute approximate surface area is 169 Å². The van der Waals surface area contributed by atoms with Crippen molar-refractivity contribution in [3.05, 3.63) is 35.7 Å². The van der Waals surface area contributed by atoms with Crippen molar-refractivity contribution in [1.82, 2.24) is 14.7 Å². The number of nitrogens with zero attached hydrogens (tertiary/aromatic N) is 3. The maximum atomic E-state index is 11.6. The quantitative estimate of drug-likeness (QED) is 0.713. The molecule has 1 aromatic carbocycles. The van der Waals surface area contributed by atoms with Crippen LogP contribution in [-0.2, 0) is 11.2 Å². The van der Waals surface area contributed by atoms with Crippen LogP contribution in [0.5, 0.6) is 5.75 Å². The minimum absolute atomic E-state index is 0.0922. The van der Waals surface area contributed by atoms with E-state index in [0.29, 0.717) is 18.9 Å². The summed E-state index contributed by atoms with van der Waals surface area (Å²) < 4.78 is 9.79. The minimum Gasteiger partial charge on any atom is -0.497 e. The lowest BCUT2D eigenvalue weighted by Crippen LogP contribution is -2.40. The van der Waals surface area contributed by atoms with Crippen LogP contribution in [-0.4, -0.2) is 47.4 Å². The lowest BCUT2D eigenvalue weighted by molar-refractivity contribution is -0.120. The predicted octanol–water partition coefficient (Wildman–Crippen LogP) is 3.10. The zero-order chi connectivity index (χ0) is 19.2. The van der Waals surface area contributed by atoms with E-state index < -0.39 is 5.38 Å². The average molecular weight is 409 g/mol. The van der Waals surface area contributed by atoms with Gasteiger partial charge in [-0.2, -0.15) is 4.37 Å². The zero-order valence-electron chi connectivity index (χ0n) is 15.7. The Bertz CT molecular complexity index is 760. The van der Waals surface area contributed by atoms with Crippen molar-refractivity contribution < 1.29 is 9.53 Å². The van der Waals surface area contributed by atoms with E-state index in [4.69, 9.17) is 21.3 Å². The number of carbonyl (C=O) groups excluding carboxylic acids is 1. The molecule has 0 radical (unpaired) electrons. The predicted molar refractivity (Wildman–Crippen MR) is 109 cm³/mol. The van der Waals surface area contributed by atoms with Gasteiger partial charge < -0.3 is 15.0 Å². The van der Waals surface area contributed by atoms with Crippen molar-refractivity contribution in [2.45, 2.75) is 31.6 Å². The number of nitrogens with one attached hydrogen (secondary N) is 1. The number of piperidine rings is 1. The summed E-state index contributed by atoms with van der Waals surface area (Å²) in [6, 6.07) is 7.99. The maximum absolute atomic E-state index is 11.6. The number of methoxy groups -OCH3 is 1. The molecule has 6 nitrogen and oxygen atoms in total. The van der Waals surface area contributed by atoms with Gasteiger partial charge in [0.25, 0.3) is 0 Å². The molecule has 1 saturated heterocycles. The molecule has 1 unspecified atom stereocenters. The summed E-state index contributed by atoms with van der Waals surface area (Å²) in [4.78, 5) is 18.6. The van der Waals surface area contributed by atoms with Gasteiger partial charge in [0.05, 0.1) is 7.11 Å². The van der Waals surface area contributed by atoms with Crippen LogP contribution in [0.2, 0.25) is 0 Å². The van der Waals surface area contributed by atoms with Gasteiger partial charge in [-0.25, -0.2) is 4.98 Å². The van der Waals surface area contributed by atoms with Crippen LogP contribution in [0.1, 0.15) is 31.2 Å². The summed E-state index contributed by atoms with van der Waals surface area (Å²) in [5.74, 6) is 2.09. The molecule has 2 heterocycles. The summed E-state index contributed by atoms with van der Waals surface area (Å²) >= 11 is 7.24. The molecule has 0 bridgehead atoms. The van der Waals surface area contributed by atoms with E-state index in [1.807, 2.05) is 18.2 Å². The van der Waals surface area contributed by atoms with Crippen molar-refractivity contribution in [2.75, 3.05) is 31.6 Å². The Kier molecular flexibility index (Phi) is 6.90. The van der Waals surface area contributed by atoms with Crippen molar-refractivity contribution in [3.8, 4) is 5.75 Å². The minimum atomic E-state index is -0.477. The number of amides is 1. The number of ether oxygens (including phenoxy) is 1. The van der Waals surface area contributed by atoms with Crippen LogP contribution in [0.4, 0.5) is 5.13 Å². The summed E-state index contributed by atoms with van der Waals surface area (Å²) in [6.07, 6.45) is 2.76. The van der Waals surface area contributed by atoms with E-state index in [0.717, 1.165) is 48.2 Å². The Morgan fingerprint density at radius 1 is 1.44 bits per heavy atom. The van der Waals surface area contributed by atoms with E-state index in [1.54, 1.807) is 14.0 Å². The third-order valence-electron chi connectivity index (χ3n) is 4.77. The highest BCUT2D eigenvalue weighted by atomic mass is 35.5. The fourth-order valence-electron chi connectivity index (χ4n) is 3.12. The van der Waals surface area contributed by atoms with Crippen LogP contribution >= 0.6 is 23.1 Å². The Balaban J connectivity index is 1.50. The second kappa shape index (κ2) is 9.37. The summed E-state index contributed by atoms with van der Waals surface area (Å²) in [7, 11) is 1.67. The van der Waals surface area contributed by atoms with Crippen molar-refractivity contribution in [2.24, 2.45) is 5.92 Å².